The average Bonchev–Trinajstić information content (AvgIpc) is 3.27. The lowest BCUT2D eigenvalue weighted by Gasteiger charge is -2.27. The Labute approximate surface area is 187 Å². The van der Waals surface area contributed by atoms with Gasteiger partial charge < -0.3 is 15.4 Å². The zero-order valence-electron chi connectivity index (χ0n) is 17.4. The zero-order chi connectivity index (χ0) is 22.9. The van der Waals surface area contributed by atoms with E-state index in [1.165, 1.54) is 47.8 Å². The molecule has 0 spiro atoms. The molecule has 4 aromatic rings. The molecule has 0 fully saturated rings. The van der Waals surface area contributed by atoms with Crippen LogP contribution in [0.5, 0.6) is 0 Å². The van der Waals surface area contributed by atoms with Gasteiger partial charge >= 0.3 is 6.03 Å². The summed E-state index contributed by atoms with van der Waals surface area (Å²) in [5, 5.41) is 14.2. The second-order valence-corrected chi connectivity index (χ2v) is 7.76. The van der Waals surface area contributed by atoms with Crippen LogP contribution in [0.3, 0.4) is 0 Å². The number of pyridine rings is 2. The highest BCUT2D eigenvalue weighted by atomic mass is 35.5. The van der Waals surface area contributed by atoms with E-state index in [1.807, 2.05) is 13.8 Å². The molecule has 2 amide bonds. The third-order valence-corrected chi connectivity index (χ3v) is 5.16. The fraction of sp³-hybridized carbons (Fsp3) is 0.190. The van der Waals surface area contributed by atoms with E-state index in [-0.39, 0.29) is 5.02 Å². The van der Waals surface area contributed by atoms with Gasteiger partial charge in [0.25, 0.3) is 0 Å². The zero-order valence-corrected chi connectivity index (χ0v) is 18.2. The number of fused-ring (bicyclic) bond motifs is 1. The van der Waals surface area contributed by atoms with E-state index < -0.39 is 17.4 Å². The summed E-state index contributed by atoms with van der Waals surface area (Å²) in [6.45, 7) is 3.64. The molecular formula is C21H19ClFN7O2. The average molecular weight is 456 g/mol. The van der Waals surface area contributed by atoms with Gasteiger partial charge in [-0.25, -0.2) is 14.2 Å². The molecule has 3 heterocycles. The van der Waals surface area contributed by atoms with E-state index in [2.05, 4.69) is 30.8 Å². The molecule has 164 valence electrons. The lowest BCUT2D eigenvalue weighted by Crippen LogP contribution is -2.26. The van der Waals surface area contributed by atoms with Crippen molar-refractivity contribution in [1.29, 1.82) is 0 Å². The Bertz CT molecular complexity index is 1300. The summed E-state index contributed by atoms with van der Waals surface area (Å²) in [7, 11) is 1.54. The van der Waals surface area contributed by atoms with Crippen LogP contribution in [-0.2, 0) is 10.3 Å². The predicted molar refractivity (Wildman–Crippen MR) is 119 cm³/mol. The van der Waals surface area contributed by atoms with Crippen molar-refractivity contribution in [3.8, 4) is 5.82 Å². The molecule has 11 heteroatoms. The summed E-state index contributed by atoms with van der Waals surface area (Å²) < 4.78 is 19.6. The van der Waals surface area contributed by atoms with E-state index in [0.717, 1.165) is 0 Å². The molecule has 2 N–H and O–H groups in total. The van der Waals surface area contributed by atoms with Gasteiger partial charge in [0.2, 0.25) is 0 Å². The van der Waals surface area contributed by atoms with Crippen LogP contribution in [0.1, 0.15) is 19.4 Å². The van der Waals surface area contributed by atoms with Gasteiger partial charge in [0, 0.05) is 18.1 Å². The first-order chi connectivity index (χ1) is 15.3. The molecule has 0 saturated carbocycles. The Morgan fingerprint density at radius 3 is 2.56 bits per heavy atom. The molecule has 1 aromatic carbocycles. The van der Waals surface area contributed by atoms with Crippen molar-refractivity contribution in [2.75, 3.05) is 17.7 Å². The number of hydrogen-bond acceptors (Lipinski definition) is 6. The number of halogens is 2. The number of urea groups is 1. The third kappa shape index (κ3) is 4.23. The number of rotatable bonds is 5. The molecule has 9 nitrogen and oxygen atoms in total. The lowest BCUT2D eigenvalue weighted by atomic mass is 9.92. The Morgan fingerprint density at radius 2 is 1.88 bits per heavy atom. The number of carbonyl (C=O) groups excluding carboxylic acids is 1. The third-order valence-electron chi connectivity index (χ3n) is 4.88. The highest BCUT2D eigenvalue weighted by Crippen LogP contribution is 2.36. The predicted octanol–water partition coefficient (Wildman–Crippen LogP) is 4.53. The van der Waals surface area contributed by atoms with Gasteiger partial charge in [-0.2, -0.15) is 10.2 Å². The summed E-state index contributed by atoms with van der Waals surface area (Å²) in [5.41, 5.74) is 1.08. The van der Waals surface area contributed by atoms with Crippen LogP contribution in [-0.4, -0.2) is 38.1 Å². The highest BCUT2D eigenvalue weighted by molar-refractivity contribution is 6.32. The molecule has 0 atom stereocenters. The number of hydrogen-bond donors (Lipinski definition) is 2. The largest absolute Gasteiger partial charge is 0.374 e. The van der Waals surface area contributed by atoms with Crippen LogP contribution in [0.15, 0.2) is 49.1 Å². The van der Waals surface area contributed by atoms with E-state index in [1.54, 1.807) is 13.2 Å². The minimum absolute atomic E-state index is 0.253. The van der Waals surface area contributed by atoms with Crippen molar-refractivity contribution in [2.45, 2.75) is 19.4 Å². The standard InChI is InChI=1S/C21H19ClFN7O2/c1-21(2,32-3)18-14-8-12(23)4-5-16(14)24-11-17(18)29-20(31)28-13-9-15(22)19(25-10-13)30-26-6-7-27-30/h4-11H,1-3H3,(H2,28,29,31). The van der Waals surface area contributed by atoms with Crippen LogP contribution in [0.2, 0.25) is 5.02 Å². The summed E-state index contributed by atoms with van der Waals surface area (Å²) >= 11 is 6.25. The fourth-order valence-electron chi connectivity index (χ4n) is 3.27. The monoisotopic (exact) mass is 455 g/mol. The van der Waals surface area contributed by atoms with Crippen LogP contribution in [0.4, 0.5) is 20.6 Å². The molecule has 0 unspecified atom stereocenters. The van der Waals surface area contributed by atoms with Crippen molar-refractivity contribution >= 4 is 39.9 Å². The minimum Gasteiger partial charge on any atom is -0.374 e. The topological polar surface area (TPSA) is 107 Å². The maximum absolute atomic E-state index is 14.0. The number of anilines is 2. The molecule has 3 aromatic heterocycles. The minimum atomic E-state index is -0.832. The second kappa shape index (κ2) is 8.48. The van der Waals surface area contributed by atoms with Crippen molar-refractivity contribution in [3.05, 3.63) is 65.5 Å². The molecule has 0 aliphatic heterocycles. The van der Waals surface area contributed by atoms with Crippen molar-refractivity contribution in [1.82, 2.24) is 25.0 Å². The molecule has 0 aliphatic carbocycles. The Kier molecular flexibility index (Phi) is 5.72. The van der Waals surface area contributed by atoms with Gasteiger partial charge in [0.15, 0.2) is 5.82 Å². The van der Waals surface area contributed by atoms with Crippen LogP contribution in [0.25, 0.3) is 16.7 Å². The quantitative estimate of drug-likeness (QED) is 0.458. The number of nitrogens with one attached hydrogen (secondary N) is 2. The molecule has 0 bridgehead atoms. The molecule has 4 rings (SSSR count). The molecule has 32 heavy (non-hydrogen) atoms. The maximum Gasteiger partial charge on any atom is 0.323 e. The first-order valence-electron chi connectivity index (χ1n) is 9.52. The highest BCUT2D eigenvalue weighted by Gasteiger charge is 2.27. The van der Waals surface area contributed by atoms with Gasteiger partial charge in [0.05, 0.1) is 52.3 Å². The number of aromatic nitrogens is 5. The Morgan fingerprint density at radius 1 is 1.12 bits per heavy atom. The number of amides is 2. The molecular weight excluding hydrogens is 437 g/mol. The van der Waals surface area contributed by atoms with Crippen molar-refractivity contribution in [2.24, 2.45) is 0 Å². The normalized spacial score (nSPS) is 11.5. The Balaban J connectivity index is 1.63. The van der Waals surface area contributed by atoms with Gasteiger partial charge in [-0.05, 0) is 38.1 Å². The van der Waals surface area contributed by atoms with Crippen molar-refractivity contribution in [3.63, 3.8) is 0 Å². The first kappa shape index (κ1) is 21.6. The van der Waals surface area contributed by atoms with Crippen LogP contribution < -0.4 is 10.6 Å². The summed E-state index contributed by atoms with van der Waals surface area (Å²) in [6.07, 6.45) is 5.94. The molecule has 0 aliphatic rings. The first-order valence-corrected chi connectivity index (χ1v) is 9.90. The number of carbonyl (C=O) groups is 1. The summed E-state index contributed by atoms with van der Waals surface area (Å²) in [6, 6.07) is 5.25. The van der Waals surface area contributed by atoms with Crippen LogP contribution in [0, 0.1) is 5.82 Å². The van der Waals surface area contributed by atoms with E-state index in [0.29, 0.717) is 33.7 Å². The molecule has 0 saturated heterocycles. The number of ether oxygens (including phenoxy) is 1. The summed E-state index contributed by atoms with van der Waals surface area (Å²) in [5.74, 6) is -0.0888. The van der Waals surface area contributed by atoms with Gasteiger partial charge in [-0.15, -0.1) is 4.80 Å². The maximum atomic E-state index is 14.0. The Hall–Kier alpha value is -3.63. The lowest BCUT2D eigenvalue weighted by molar-refractivity contribution is 0.0210. The number of nitrogens with zero attached hydrogens (tertiary/aromatic N) is 5. The van der Waals surface area contributed by atoms with E-state index in [4.69, 9.17) is 16.3 Å². The SMILES string of the molecule is COC(C)(C)c1c(NC(=O)Nc2cnc(-n3nccn3)c(Cl)c2)cnc2ccc(F)cc12. The second-order valence-electron chi connectivity index (χ2n) is 7.35. The number of benzene rings is 1. The van der Waals surface area contributed by atoms with E-state index >= 15 is 0 Å². The smallest absolute Gasteiger partial charge is 0.323 e. The molecule has 0 radical (unpaired) electrons. The van der Waals surface area contributed by atoms with E-state index in [9.17, 15) is 9.18 Å². The van der Waals surface area contributed by atoms with Gasteiger partial charge in [-0.1, -0.05) is 11.6 Å². The van der Waals surface area contributed by atoms with Crippen molar-refractivity contribution < 1.29 is 13.9 Å². The van der Waals surface area contributed by atoms with Gasteiger partial charge in [-0.3, -0.25) is 4.98 Å². The van der Waals surface area contributed by atoms with Gasteiger partial charge in [0.1, 0.15) is 5.82 Å². The number of methoxy groups -OCH3 is 1. The summed E-state index contributed by atoms with van der Waals surface area (Å²) in [4.78, 5) is 22.5. The fourth-order valence-corrected chi connectivity index (χ4v) is 3.51. The van der Waals surface area contributed by atoms with Crippen LogP contribution >= 0.6 is 11.6 Å².